The topological polar surface area (TPSA) is 37.4 Å². The highest BCUT2D eigenvalue weighted by molar-refractivity contribution is 5.83. The van der Waals surface area contributed by atoms with Gasteiger partial charge in [-0.1, -0.05) is 0 Å². The summed E-state index contributed by atoms with van der Waals surface area (Å²) in [5, 5.41) is 0. The van der Waals surface area contributed by atoms with Gasteiger partial charge in [0.15, 0.2) is 0 Å². The summed E-state index contributed by atoms with van der Waals surface area (Å²) >= 11 is 0. The number of rotatable bonds is 0. The molecule has 0 unspecified atom stereocenters. The summed E-state index contributed by atoms with van der Waals surface area (Å²) in [6.07, 6.45) is 1.01. The summed E-state index contributed by atoms with van der Waals surface area (Å²) in [6, 6.07) is 0. The summed E-state index contributed by atoms with van der Waals surface area (Å²) in [5.41, 5.74) is 0.472. The van der Waals surface area contributed by atoms with Crippen LogP contribution in [-0.4, -0.2) is 23.8 Å². The highest BCUT2D eigenvalue weighted by Crippen LogP contribution is 2.16. The summed E-state index contributed by atoms with van der Waals surface area (Å²) in [7, 11) is 1.59. The lowest BCUT2D eigenvalue weighted by Gasteiger charge is -2.04. The van der Waals surface area contributed by atoms with Gasteiger partial charge in [0.1, 0.15) is 11.6 Å². The first-order valence-corrected chi connectivity index (χ1v) is 2.76. The van der Waals surface area contributed by atoms with E-state index in [0.29, 0.717) is 18.5 Å². The highest BCUT2D eigenvalue weighted by atomic mass is 16.2. The van der Waals surface area contributed by atoms with Crippen molar-refractivity contribution in [1.29, 1.82) is 0 Å². The monoisotopic (exact) mass is 125 g/mol. The molecular formula is C6H7NO2. The molecule has 1 heterocycles. The molecule has 1 rings (SSSR count). The van der Waals surface area contributed by atoms with Gasteiger partial charge in [-0.15, -0.1) is 0 Å². The van der Waals surface area contributed by atoms with E-state index < -0.39 is 0 Å². The van der Waals surface area contributed by atoms with Crippen LogP contribution in [0.3, 0.4) is 0 Å². The third-order valence-corrected chi connectivity index (χ3v) is 1.47. The van der Waals surface area contributed by atoms with Crippen LogP contribution in [0.1, 0.15) is 12.8 Å². The molecule has 48 valence electrons. The van der Waals surface area contributed by atoms with Crippen LogP contribution in [0.5, 0.6) is 0 Å². The second kappa shape index (κ2) is 2.03. The molecule has 0 atom stereocenters. The van der Waals surface area contributed by atoms with Crippen molar-refractivity contribution < 1.29 is 9.59 Å². The van der Waals surface area contributed by atoms with E-state index >= 15 is 0 Å². The second-order valence-electron chi connectivity index (χ2n) is 2.00. The lowest BCUT2D eigenvalue weighted by atomic mass is 10.3. The predicted molar refractivity (Wildman–Crippen MR) is 31.2 cm³/mol. The lowest BCUT2D eigenvalue weighted by Crippen LogP contribution is -2.17. The molecular weight excluding hydrogens is 118 g/mol. The van der Waals surface area contributed by atoms with E-state index in [9.17, 15) is 9.59 Å². The van der Waals surface area contributed by atoms with Gasteiger partial charge in [0.2, 0.25) is 5.91 Å². The smallest absolute Gasteiger partial charge is 0.227 e. The molecule has 0 aromatic rings. The predicted octanol–water partition coefficient (Wildman–Crippen LogP) is -0.0459. The van der Waals surface area contributed by atoms with Crippen molar-refractivity contribution in [3.8, 4) is 0 Å². The van der Waals surface area contributed by atoms with Crippen LogP contribution in [0.4, 0.5) is 0 Å². The third kappa shape index (κ3) is 0.864. The largest absolute Gasteiger partial charge is 0.310 e. The fourth-order valence-corrected chi connectivity index (χ4v) is 0.831. The molecule has 9 heavy (non-hydrogen) atoms. The van der Waals surface area contributed by atoms with Crippen molar-refractivity contribution in [2.45, 2.75) is 12.8 Å². The lowest BCUT2D eigenvalue weighted by molar-refractivity contribution is -0.125. The number of amides is 1. The zero-order valence-electron chi connectivity index (χ0n) is 5.18. The van der Waals surface area contributed by atoms with E-state index in [1.54, 1.807) is 13.0 Å². The van der Waals surface area contributed by atoms with Crippen LogP contribution in [0.2, 0.25) is 0 Å². The number of hydrogen-bond acceptors (Lipinski definition) is 2. The van der Waals surface area contributed by atoms with Crippen molar-refractivity contribution in [3.05, 3.63) is 5.70 Å². The summed E-state index contributed by atoms with van der Waals surface area (Å²) in [6.45, 7) is 0. The van der Waals surface area contributed by atoms with Gasteiger partial charge in [-0.25, -0.2) is 4.79 Å². The Kier molecular flexibility index (Phi) is 1.37. The summed E-state index contributed by atoms with van der Waals surface area (Å²) in [5.74, 6) is 1.72. The fraction of sp³-hybridized carbons (Fsp3) is 0.500. The molecule has 1 aliphatic rings. The maximum atomic E-state index is 10.7. The Morgan fingerprint density at radius 3 is 2.44 bits per heavy atom. The first kappa shape index (κ1) is 6.05. The van der Waals surface area contributed by atoms with Crippen LogP contribution in [-0.2, 0) is 9.59 Å². The van der Waals surface area contributed by atoms with E-state index in [1.165, 1.54) is 4.90 Å². The Bertz CT molecular complexity index is 191. The molecule has 0 bridgehead atoms. The van der Waals surface area contributed by atoms with Crippen molar-refractivity contribution >= 4 is 11.8 Å². The second-order valence-corrected chi connectivity index (χ2v) is 2.00. The summed E-state index contributed by atoms with van der Waals surface area (Å²) in [4.78, 5) is 22.0. The minimum atomic E-state index is 0.00773. The maximum Gasteiger partial charge on any atom is 0.227 e. The average molecular weight is 125 g/mol. The molecule has 3 heteroatoms. The molecule has 1 fully saturated rings. The van der Waals surface area contributed by atoms with Gasteiger partial charge in [0, 0.05) is 19.9 Å². The third-order valence-electron chi connectivity index (χ3n) is 1.47. The Morgan fingerprint density at radius 2 is 2.22 bits per heavy atom. The van der Waals surface area contributed by atoms with E-state index in [1.807, 2.05) is 0 Å². The van der Waals surface area contributed by atoms with Crippen molar-refractivity contribution in [2.75, 3.05) is 7.05 Å². The molecule has 0 aliphatic carbocycles. The molecule has 0 N–H and O–H groups in total. The van der Waals surface area contributed by atoms with Crippen LogP contribution in [0, 0.1) is 0 Å². The van der Waals surface area contributed by atoms with Crippen LogP contribution < -0.4 is 0 Å². The Hall–Kier alpha value is -1.08. The van der Waals surface area contributed by atoms with Gasteiger partial charge >= 0.3 is 0 Å². The zero-order chi connectivity index (χ0) is 6.85. The number of carbonyl (C=O) groups excluding carboxylic acids is 2. The molecule has 0 spiro atoms. The number of likely N-dealkylation sites (tertiary alicyclic amines) is 1. The molecule has 0 aromatic heterocycles. The van der Waals surface area contributed by atoms with Crippen molar-refractivity contribution in [3.63, 3.8) is 0 Å². The van der Waals surface area contributed by atoms with E-state index in [4.69, 9.17) is 0 Å². The molecule has 0 radical (unpaired) electrons. The minimum Gasteiger partial charge on any atom is -0.310 e. The van der Waals surface area contributed by atoms with Gasteiger partial charge in [0.25, 0.3) is 0 Å². The Morgan fingerprint density at radius 1 is 1.56 bits per heavy atom. The highest BCUT2D eigenvalue weighted by Gasteiger charge is 2.21. The van der Waals surface area contributed by atoms with Gasteiger partial charge < -0.3 is 4.90 Å². The average Bonchev–Trinajstić information content (AvgIpc) is 2.15. The number of hydrogen-bond donors (Lipinski definition) is 0. The molecule has 0 aromatic carbocycles. The van der Waals surface area contributed by atoms with Gasteiger partial charge in [-0.2, -0.15) is 0 Å². The molecule has 1 saturated heterocycles. The first-order chi connectivity index (χ1) is 4.25. The molecule has 0 saturated carbocycles. The van der Waals surface area contributed by atoms with Crippen LogP contribution >= 0.6 is 0 Å². The molecule has 1 amide bonds. The van der Waals surface area contributed by atoms with Crippen molar-refractivity contribution in [2.24, 2.45) is 0 Å². The summed E-state index contributed by atoms with van der Waals surface area (Å²) < 4.78 is 0. The first-order valence-electron chi connectivity index (χ1n) is 2.76. The van der Waals surface area contributed by atoms with E-state index in [-0.39, 0.29) is 5.91 Å². The number of allylic oxidation sites excluding steroid dienone is 1. The number of nitrogens with zero attached hydrogens (tertiary/aromatic N) is 1. The molecule has 1 aliphatic heterocycles. The van der Waals surface area contributed by atoms with Crippen LogP contribution in [0.25, 0.3) is 0 Å². The minimum absolute atomic E-state index is 0.00773. The normalized spacial score (nSPS) is 18.6. The Balaban J connectivity index is 2.85. The molecule has 3 nitrogen and oxygen atoms in total. The standard InChI is InChI=1S/C6H7NO2/c1-7-5(4-8)2-3-6(7)9/h2-3H2,1H3. The van der Waals surface area contributed by atoms with Gasteiger partial charge in [-0.05, 0) is 0 Å². The number of carbonyl (C=O) groups is 1. The van der Waals surface area contributed by atoms with Gasteiger partial charge in [0.05, 0.1) is 0 Å². The van der Waals surface area contributed by atoms with E-state index in [2.05, 4.69) is 0 Å². The van der Waals surface area contributed by atoms with Gasteiger partial charge in [-0.3, -0.25) is 4.79 Å². The van der Waals surface area contributed by atoms with Crippen LogP contribution in [0.15, 0.2) is 5.70 Å². The van der Waals surface area contributed by atoms with E-state index in [0.717, 1.165) is 0 Å². The quantitative estimate of drug-likeness (QED) is 0.426. The van der Waals surface area contributed by atoms with Crippen molar-refractivity contribution in [1.82, 2.24) is 4.90 Å². The SMILES string of the molecule is CN1C(=O)CCC1=C=O. The zero-order valence-corrected chi connectivity index (χ0v) is 5.18. The maximum absolute atomic E-state index is 10.7. The Labute approximate surface area is 53.0 Å². The fourth-order valence-electron chi connectivity index (χ4n) is 0.831.